The van der Waals surface area contributed by atoms with Gasteiger partial charge in [0.1, 0.15) is 23.5 Å². The predicted octanol–water partition coefficient (Wildman–Crippen LogP) is -0.461. The number of aryl methyl sites for hydroxylation is 1. The van der Waals surface area contributed by atoms with Gasteiger partial charge in [0, 0.05) is 38.6 Å². The molecule has 25 heavy (non-hydrogen) atoms. The Morgan fingerprint density at radius 1 is 1.16 bits per heavy atom. The molecule has 2 aromatic rings. The van der Waals surface area contributed by atoms with Crippen molar-refractivity contribution in [2.75, 3.05) is 38.1 Å². The Labute approximate surface area is 146 Å². The van der Waals surface area contributed by atoms with Gasteiger partial charge in [-0.15, -0.1) is 10.2 Å². The summed E-state index contributed by atoms with van der Waals surface area (Å²) in [6, 6.07) is -0.162. The summed E-state index contributed by atoms with van der Waals surface area (Å²) in [5, 5.41) is 8.31. The standard InChI is InChI=1S/C16H22N8O/c1-12-19-20-15-11-21(2)13(10-24(12)15)16(25)23-7-5-22(6-8-23)14-9-17-3-4-18-14/h3-4,9,13H,5-8,10-11H2,1-2H3. The number of hydrogen-bond donors (Lipinski definition) is 0. The fraction of sp³-hybridized carbons (Fsp3) is 0.562. The van der Waals surface area contributed by atoms with Gasteiger partial charge in [0.2, 0.25) is 5.91 Å². The van der Waals surface area contributed by atoms with Crippen LogP contribution in [0.3, 0.4) is 0 Å². The molecular weight excluding hydrogens is 320 g/mol. The number of carbonyl (C=O) groups excluding carboxylic acids is 1. The van der Waals surface area contributed by atoms with Crippen LogP contribution in [0.5, 0.6) is 0 Å². The number of anilines is 1. The SMILES string of the molecule is Cc1nnc2n1CC(C(=O)N1CCN(c3cnccn3)CC1)N(C)C2. The zero-order chi connectivity index (χ0) is 17.4. The number of nitrogens with zero attached hydrogens (tertiary/aromatic N) is 8. The van der Waals surface area contributed by atoms with Crippen LogP contribution >= 0.6 is 0 Å². The van der Waals surface area contributed by atoms with E-state index in [0.717, 1.165) is 30.6 Å². The lowest BCUT2D eigenvalue weighted by atomic mass is 10.1. The van der Waals surface area contributed by atoms with Crippen LogP contribution in [0.1, 0.15) is 11.6 Å². The number of likely N-dealkylation sites (N-methyl/N-ethyl adjacent to an activating group) is 1. The van der Waals surface area contributed by atoms with Crippen LogP contribution < -0.4 is 4.90 Å². The molecule has 0 N–H and O–H groups in total. The van der Waals surface area contributed by atoms with E-state index in [2.05, 4.69) is 34.5 Å². The lowest BCUT2D eigenvalue weighted by Gasteiger charge is -2.40. The van der Waals surface area contributed by atoms with E-state index in [1.165, 1.54) is 0 Å². The van der Waals surface area contributed by atoms with E-state index in [9.17, 15) is 4.79 Å². The van der Waals surface area contributed by atoms with Gasteiger partial charge in [-0.2, -0.15) is 0 Å². The van der Waals surface area contributed by atoms with E-state index in [1.807, 2.05) is 18.9 Å². The highest BCUT2D eigenvalue weighted by atomic mass is 16.2. The van der Waals surface area contributed by atoms with Gasteiger partial charge >= 0.3 is 0 Å². The molecule has 0 saturated carbocycles. The van der Waals surface area contributed by atoms with Gasteiger partial charge in [-0.05, 0) is 14.0 Å². The Balaban J connectivity index is 1.42. The maximum atomic E-state index is 13.0. The van der Waals surface area contributed by atoms with E-state index in [1.54, 1.807) is 18.6 Å². The third kappa shape index (κ3) is 2.95. The minimum atomic E-state index is -0.162. The van der Waals surface area contributed by atoms with Crippen LogP contribution in [0.25, 0.3) is 0 Å². The van der Waals surface area contributed by atoms with Gasteiger partial charge in [0.25, 0.3) is 0 Å². The molecule has 0 bridgehead atoms. The topological polar surface area (TPSA) is 83.3 Å². The van der Waals surface area contributed by atoms with Crippen molar-refractivity contribution in [3.05, 3.63) is 30.2 Å². The predicted molar refractivity (Wildman–Crippen MR) is 90.8 cm³/mol. The Morgan fingerprint density at radius 2 is 1.96 bits per heavy atom. The van der Waals surface area contributed by atoms with Crippen molar-refractivity contribution in [1.29, 1.82) is 0 Å². The molecule has 0 radical (unpaired) electrons. The number of fused-ring (bicyclic) bond motifs is 1. The molecule has 1 amide bonds. The van der Waals surface area contributed by atoms with E-state index < -0.39 is 0 Å². The summed E-state index contributed by atoms with van der Waals surface area (Å²) in [5.41, 5.74) is 0. The molecular formula is C16H22N8O. The number of aromatic nitrogens is 5. The Hall–Kier alpha value is -2.55. The molecule has 4 heterocycles. The molecule has 0 aromatic carbocycles. The van der Waals surface area contributed by atoms with Crippen molar-refractivity contribution in [3.8, 4) is 0 Å². The minimum Gasteiger partial charge on any atom is -0.352 e. The third-order valence-corrected chi connectivity index (χ3v) is 5.04. The highest BCUT2D eigenvalue weighted by Crippen LogP contribution is 2.19. The Kier molecular flexibility index (Phi) is 4.08. The van der Waals surface area contributed by atoms with Crippen molar-refractivity contribution in [2.24, 2.45) is 0 Å². The molecule has 2 aliphatic rings. The monoisotopic (exact) mass is 342 g/mol. The molecule has 2 aliphatic heterocycles. The van der Waals surface area contributed by atoms with Crippen LogP contribution in [-0.4, -0.2) is 79.7 Å². The normalized spacial score (nSPS) is 21.3. The quantitative estimate of drug-likeness (QED) is 0.730. The average Bonchev–Trinajstić information content (AvgIpc) is 3.01. The number of hydrogen-bond acceptors (Lipinski definition) is 7. The molecule has 1 unspecified atom stereocenters. The second kappa shape index (κ2) is 6.40. The van der Waals surface area contributed by atoms with Crippen molar-refractivity contribution >= 4 is 11.7 Å². The molecule has 4 rings (SSSR count). The first kappa shape index (κ1) is 15.9. The largest absolute Gasteiger partial charge is 0.352 e. The Bertz CT molecular complexity index is 753. The average molecular weight is 342 g/mol. The summed E-state index contributed by atoms with van der Waals surface area (Å²) in [4.78, 5) is 27.7. The molecule has 1 saturated heterocycles. The first-order valence-electron chi connectivity index (χ1n) is 8.52. The second-order valence-corrected chi connectivity index (χ2v) is 6.58. The molecule has 9 heteroatoms. The van der Waals surface area contributed by atoms with E-state index in [0.29, 0.717) is 26.2 Å². The Morgan fingerprint density at radius 3 is 2.68 bits per heavy atom. The van der Waals surface area contributed by atoms with Gasteiger partial charge < -0.3 is 14.4 Å². The maximum absolute atomic E-state index is 13.0. The molecule has 0 spiro atoms. The molecule has 2 aromatic heterocycles. The van der Waals surface area contributed by atoms with Crippen LogP contribution in [0.2, 0.25) is 0 Å². The van der Waals surface area contributed by atoms with Crippen molar-refractivity contribution in [2.45, 2.75) is 26.1 Å². The zero-order valence-corrected chi connectivity index (χ0v) is 14.5. The number of amides is 1. The van der Waals surface area contributed by atoms with Crippen LogP contribution in [0, 0.1) is 6.92 Å². The summed E-state index contributed by atoms with van der Waals surface area (Å²) in [6.45, 7) is 6.16. The zero-order valence-electron chi connectivity index (χ0n) is 14.5. The fourth-order valence-electron chi connectivity index (χ4n) is 3.51. The molecule has 0 aliphatic carbocycles. The van der Waals surface area contributed by atoms with Crippen molar-refractivity contribution in [3.63, 3.8) is 0 Å². The first-order valence-corrected chi connectivity index (χ1v) is 8.52. The van der Waals surface area contributed by atoms with Crippen LogP contribution in [0.4, 0.5) is 5.82 Å². The molecule has 1 atom stereocenters. The molecule has 9 nitrogen and oxygen atoms in total. The second-order valence-electron chi connectivity index (χ2n) is 6.58. The summed E-state index contributed by atoms with van der Waals surface area (Å²) in [7, 11) is 1.98. The lowest BCUT2D eigenvalue weighted by Crippen LogP contribution is -2.56. The van der Waals surface area contributed by atoms with Gasteiger partial charge in [0.05, 0.1) is 19.3 Å². The van der Waals surface area contributed by atoms with E-state index in [-0.39, 0.29) is 11.9 Å². The number of carbonyl (C=O) groups is 1. The minimum absolute atomic E-state index is 0.162. The van der Waals surface area contributed by atoms with Gasteiger partial charge in [-0.25, -0.2) is 4.98 Å². The summed E-state index contributed by atoms with van der Waals surface area (Å²) in [6.07, 6.45) is 5.13. The fourth-order valence-corrected chi connectivity index (χ4v) is 3.51. The van der Waals surface area contributed by atoms with Gasteiger partial charge in [0.15, 0.2) is 0 Å². The highest BCUT2D eigenvalue weighted by Gasteiger charge is 2.35. The number of rotatable bonds is 2. The highest BCUT2D eigenvalue weighted by molar-refractivity contribution is 5.82. The van der Waals surface area contributed by atoms with Gasteiger partial charge in [-0.1, -0.05) is 0 Å². The first-order chi connectivity index (χ1) is 12.1. The summed E-state index contributed by atoms with van der Waals surface area (Å²) >= 11 is 0. The maximum Gasteiger partial charge on any atom is 0.241 e. The van der Waals surface area contributed by atoms with E-state index in [4.69, 9.17) is 0 Å². The van der Waals surface area contributed by atoms with Crippen LogP contribution in [-0.2, 0) is 17.9 Å². The summed E-state index contributed by atoms with van der Waals surface area (Å²) < 4.78 is 2.05. The molecule has 1 fully saturated rings. The number of piperazine rings is 1. The van der Waals surface area contributed by atoms with Gasteiger partial charge in [-0.3, -0.25) is 14.7 Å². The third-order valence-electron chi connectivity index (χ3n) is 5.04. The lowest BCUT2D eigenvalue weighted by molar-refractivity contribution is -0.138. The van der Waals surface area contributed by atoms with Crippen molar-refractivity contribution < 1.29 is 4.79 Å². The molecule has 132 valence electrons. The summed E-state index contributed by atoms with van der Waals surface area (Å²) in [5.74, 6) is 2.85. The van der Waals surface area contributed by atoms with E-state index >= 15 is 0 Å². The van der Waals surface area contributed by atoms with Crippen LogP contribution in [0.15, 0.2) is 18.6 Å². The smallest absolute Gasteiger partial charge is 0.241 e. The van der Waals surface area contributed by atoms with Crippen molar-refractivity contribution in [1.82, 2.24) is 34.5 Å².